The van der Waals surface area contributed by atoms with Crippen molar-refractivity contribution in [3.63, 3.8) is 0 Å². The highest BCUT2D eigenvalue weighted by molar-refractivity contribution is 7.54. The highest BCUT2D eigenvalue weighted by atomic mass is 31.2. The van der Waals surface area contributed by atoms with Crippen molar-refractivity contribution in [2.75, 3.05) is 119 Å². The van der Waals surface area contributed by atoms with E-state index in [0.717, 1.165) is 0 Å². The molecule has 0 aliphatic heterocycles. The van der Waals surface area contributed by atoms with Crippen LogP contribution in [0.1, 0.15) is 60.8 Å². The molecule has 0 aromatic carbocycles. The van der Waals surface area contributed by atoms with Crippen molar-refractivity contribution in [2.45, 2.75) is 66.3 Å². The van der Waals surface area contributed by atoms with Crippen LogP contribution in [0.15, 0.2) is 0 Å². The largest absolute Gasteiger partial charge is 0.433 e. The molecule has 0 unspecified atom stereocenters. The molecule has 288 valence electrons. The molecule has 0 aromatic heterocycles. The molecule has 0 atom stereocenters. The van der Waals surface area contributed by atoms with E-state index in [2.05, 4.69) is 5.32 Å². The van der Waals surface area contributed by atoms with Gasteiger partial charge in [0, 0.05) is 19.8 Å². The molecule has 0 rings (SSSR count). The van der Waals surface area contributed by atoms with Gasteiger partial charge in [-0.1, -0.05) is 0 Å². The SMILES string of the molecule is CCOP(=O)(CCCOCC(COCCCP(=O)(OCC)OCC)(COCCCP(=O)(OCC)OCC)NC(=O)OCN(C)C)OCC. The summed E-state index contributed by atoms with van der Waals surface area (Å²) in [6.07, 6.45) is 0.869. The molecule has 1 N–H and O–H groups in total. The minimum Gasteiger partial charge on any atom is -0.433 e. The van der Waals surface area contributed by atoms with Crippen molar-refractivity contribution < 1.29 is 64.6 Å². The summed E-state index contributed by atoms with van der Waals surface area (Å²) in [6.45, 7) is 12.4. The number of carbonyl (C=O) groups is 1. The Balaban J connectivity index is 5.74. The molecule has 0 spiro atoms. The normalized spacial score (nSPS) is 12.9. The van der Waals surface area contributed by atoms with E-state index in [1.54, 1.807) is 60.5 Å². The fourth-order valence-corrected chi connectivity index (χ4v) is 9.14. The number of hydrogen-bond acceptors (Lipinski definition) is 15. The van der Waals surface area contributed by atoms with E-state index in [0.29, 0.717) is 19.3 Å². The van der Waals surface area contributed by atoms with Gasteiger partial charge in [0.1, 0.15) is 12.3 Å². The summed E-state index contributed by atoms with van der Waals surface area (Å²) in [6, 6.07) is 0. The third-order valence-corrected chi connectivity index (χ3v) is 12.6. The fourth-order valence-electron chi connectivity index (χ4n) is 4.24. The molecule has 19 heteroatoms. The van der Waals surface area contributed by atoms with Crippen LogP contribution in [0.5, 0.6) is 0 Å². The van der Waals surface area contributed by atoms with Crippen LogP contribution in [-0.4, -0.2) is 135 Å². The van der Waals surface area contributed by atoms with Gasteiger partial charge in [0.2, 0.25) is 0 Å². The van der Waals surface area contributed by atoms with Crippen molar-refractivity contribution in [2.24, 2.45) is 0 Å². The highest BCUT2D eigenvalue weighted by Gasteiger charge is 2.35. The van der Waals surface area contributed by atoms with Crippen molar-refractivity contribution in [1.29, 1.82) is 0 Å². The molecule has 0 aromatic rings. The number of hydrogen-bond donors (Lipinski definition) is 1. The quantitative estimate of drug-likeness (QED) is 0.0469. The summed E-state index contributed by atoms with van der Waals surface area (Å²) >= 11 is 0. The maximum absolute atomic E-state index is 12.9. The van der Waals surface area contributed by atoms with E-state index in [1.165, 1.54) is 0 Å². The van der Waals surface area contributed by atoms with Gasteiger partial charge in [-0.3, -0.25) is 18.6 Å². The molecule has 0 saturated heterocycles. The Bertz CT molecular complexity index is 848. The summed E-state index contributed by atoms with van der Waals surface area (Å²) in [5.74, 6) is 0. The fraction of sp³-hybridized carbons (Fsp3) is 0.966. The number of rotatable bonds is 33. The van der Waals surface area contributed by atoms with Crippen LogP contribution in [0.2, 0.25) is 0 Å². The number of nitrogens with zero attached hydrogens (tertiary/aromatic N) is 1. The van der Waals surface area contributed by atoms with Crippen molar-refractivity contribution in [3.8, 4) is 0 Å². The van der Waals surface area contributed by atoms with Gasteiger partial charge in [0.15, 0.2) is 0 Å². The smallest absolute Gasteiger partial charge is 0.409 e. The molecular weight excluding hydrogens is 693 g/mol. The second-order valence-electron chi connectivity index (χ2n) is 10.8. The van der Waals surface area contributed by atoms with E-state index in [4.69, 9.17) is 46.1 Å². The molecular formula is C29H63N2O14P3. The lowest BCUT2D eigenvalue weighted by atomic mass is 10.0. The average Bonchev–Trinajstić information content (AvgIpc) is 3.00. The zero-order valence-electron chi connectivity index (χ0n) is 30.4. The molecule has 1 amide bonds. The van der Waals surface area contributed by atoms with Crippen LogP contribution < -0.4 is 5.32 Å². The first-order valence-electron chi connectivity index (χ1n) is 16.8. The monoisotopic (exact) mass is 756 g/mol. The second kappa shape index (κ2) is 27.2. The summed E-state index contributed by atoms with van der Waals surface area (Å²) < 4.78 is 94.1. The third kappa shape index (κ3) is 22.4. The lowest BCUT2D eigenvalue weighted by Crippen LogP contribution is -2.59. The number of nitrogens with one attached hydrogen (secondary N) is 1. The number of carbonyl (C=O) groups excluding carboxylic acids is 1. The Morgan fingerprint density at radius 3 is 1.10 bits per heavy atom. The van der Waals surface area contributed by atoms with Gasteiger partial charge < -0.3 is 51.4 Å². The second-order valence-corrected chi connectivity index (χ2v) is 17.3. The van der Waals surface area contributed by atoms with Crippen LogP contribution in [0.3, 0.4) is 0 Å². The van der Waals surface area contributed by atoms with E-state index in [1.807, 2.05) is 0 Å². The molecule has 0 fully saturated rings. The van der Waals surface area contributed by atoms with Crippen LogP contribution in [0.25, 0.3) is 0 Å². The number of ether oxygens (including phenoxy) is 4. The first kappa shape index (κ1) is 47.6. The lowest BCUT2D eigenvalue weighted by Gasteiger charge is -2.34. The Hall–Kier alpha value is -0.440. The molecule has 0 bridgehead atoms. The van der Waals surface area contributed by atoms with Gasteiger partial charge in [-0.15, -0.1) is 0 Å². The summed E-state index contributed by atoms with van der Waals surface area (Å²) in [4.78, 5) is 14.6. The maximum Gasteiger partial charge on any atom is 0.409 e. The molecule has 0 saturated carbocycles. The Morgan fingerprint density at radius 1 is 0.562 bits per heavy atom. The van der Waals surface area contributed by atoms with Gasteiger partial charge >= 0.3 is 28.9 Å². The lowest BCUT2D eigenvalue weighted by molar-refractivity contribution is -0.0404. The zero-order valence-corrected chi connectivity index (χ0v) is 33.1. The Kier molecular flexibility index (Phi) is 27.0. The molecule has 48 heavy (non-hydrogen) atoms. The van der Waals surface area contributed by atoms with Crippen LogP contribution in [0.4, 0.5) is 4.79 Å². The minimum atomic E-state index is -3.25. The van der Waals surface area contributed by atoms with Gasteiger partial charge in [-0.05, 0) is 74.9 Å². The van der Waals surface area contributed by atoms with E-state index in [-0.39, 0.29) is 104 Å². The average molecular weight is 757 g/mol. The Labute approximate surface area is 288 Å². The summed E-state index contributed by atoms with van der Waals surface area (Å²) in [7, 11) is -6.24. The van der Waals surface area contributed by atoms with Crippen molar-refractivity contribution >= 4 is 28.9 Å². The summed E-state index contributed by atoms with van der Waals surface area (Å²) in [5.41, 5.74) is -1.22. The molecule has 0 aliphatic carbocycles. The first-order valence-corrected chi connectivity index (χ1v) is 22.0. The Morgan fingerprint density at radius 2 is 0.854 bits per heavy atom. The first-order chi connectivity index (χ1) is 22.8. The minimum absolute atomic E-state index is 0.0307. The third-order valence-electron chi connectivity index (χ3n) is 6.07. The van der Waals surface area contributed by atoms with Crippen molar-refractivity contribution in [3.05, 3.63) is 0 Å². The van der Waals surface area contributed by atoms with Gasteiger partial charge in [0.05, 0.1) is 77.9 Å². The van der Waals surface area contributed by atoms with Crippen LogP contribution in [-0.2, 0) is 59.8 Å². The molecule has 16 nitrogen and oxygen atoms in total. The van der Waals surface area contributed by atoms with Gasteiger partial charge in [-0.2, -0.15) is 0 Å². The molecule has 0 radical (unpaired) electrons. The van der Waals surface area contributed by atoms with E-state index < -0.39 is 34.4 Å². The topological polar surface area (TPSA) is 176 Å². The van der Waals surface area contributed by atoms with Gasteiger partial charge in [0.25, 0.3) is 0 Å². The van der Waals surface area contributed by atoms with Crippen LogP contribution >= 0.6 is 22.8 Å². The predicted octanol–water partition coefficient (Wildman–Crippen LogP) is 5.99. The number of alkyl carbamates (subject to hydrolysis) is 1. The highest BCUT2D eigenvalue weighted by Crippen LogP contribution is 2.49. The maximum atomic E-state index is 12.9. The molecule has 0 aliphatic rings. The van der Waals surface area contributed by atoms with Crippen molar-refractivity contribution in [1.82, 2.24) is 10.2 Å². The standard InChI is InChI=1S/C29H63N2O14P3/c1-9-40-46(33,41-10-2)21-15-18-36-24-29(30-28(32)39-27-31(7)8,25-37-19-16-22-47(34,42-11-3)43-12-4)26-38-20-17-23-48(35,44-13-5)45-14-6/h9-27H2,1-8H3,(H,30,32). The molecule has 0 heterocycles. The predicted molar refractivity (Wildman–Crippen MR) is 184 cm³/mol. The van der Waals surface area contributed by atoms with E-state index >= 15 is 0 Å². The van der Waals surface area contributed by atoms with E-state index in [9.17, 15) is 18.5 Å². The number of amides is 1. The zero-order chi connectivity index (χ0) is 36.4. The summed E-state index contributed by atoms with van der Waals surface area (Å²) in [5, 5.41) is 2.85. The van der Waals surface area contributed by atoms with Crippen LogP contribution in [0, 0.1) is 0 Å². The van der Waals surface area contributed by atoms with Gasteiger partial charge in [-0.25, -0.2) is 4.79 Å².